The summed E-state index contributed by atoms with van der Waals surface area (Å²) in [5.74, 6) is 1.09. The van der Waals surface area contributed by atoms with E-state index in [1.54, 1.807) is 12.1 Å². The summed E-state index contributed by atoms with van der Waals surface area (Å²) in [4.78, 5) is 4.41. The normalized spacial score (nSPS) is 19.6. The molecule has 0 saturated carbocycles. The highest BCUT2D eigenvalue weighted by atomic mass is 32.2. The third kappa shape index (κ3) is 6.44. The first-order valence-corrected chi connectivity index (χ1v) is 10.4. The molecule has 1 aliphatic rings. The molecule has 1 heterocycles. The molecule has 9 heteroatoms. The highest BCUT2D eigenvalue weighted by Crippen LogP contribution is 2.23. The fraction of sp³-hybridized carbons (Fsp3) is 0.588. The van der Waals surface area contributed by atoms with Gasteiger partial charge >= 0.3 is 6.61 Å². The van der Waals surface area contributed by atoms with Crippen LogP contribution in [0.3, 0.4) is 0 Å². The minimum atomic E-state index is -2.92. The van der Waals surface area contributed by atoms with Gasteiger partial charge in [0.15, 0.2) is 15.8 Å². The lowest BCUT2D eigenvalue weighted by Crippen LogP contribution is -2.40. The Kier molecular flexibility index (Phi) is 7.19. The molecule has 0 amide bonds. The van der Waals surface area contributed by atoms with E-state index in [1.165, 1.54) is 6.07 Å². The zero-order chi connectivity index (χ0) is 19.2. The topological polar surface area (TPSA) is 79.8 Å². The van der Waals surface area contributed by atoms with Crippen LogP contribution < -0.4 is 15.4 Å². The van der Waals surface area contributed by atoms with Crippen LogP contribution in [0, 0.1) is 12.8 Å². The second-order valence-corrected chi connectivity index (χ2v) is 8.56. The van der Waals surface area contributed by atoms with E-state index >= 15 is 0 Å². The largest absolute Gasteiger partial charge is 0.434 e. The average molecular weight is 389 g/mol. The van der Waals surface area contributed by atoms with Gasteiger partial charge in [0.05, 0.1) is 18.1 Å². The number of aryl methyl sites for hydroxylation is 1. The van der Waals surface area contributed by atoms with Crippen molar-refractivity contribution in [3.05, 3.63) is 29.3 Å². The number of benzene rings is 1. The van der Waals surface area contributed by atoms with Crippen molar-refractivity contribution in [2.24, 2.45) is 10.9 Å². The smallest absolute Gasteiger partial charge is 0.387 e. The van der Waals surface area contributed by atoms with E-state index in [1.807, 2.05) is 13.8 Å². The van der Waals surface area contributed by atoms with Crippen molar-refractivity contribution >= 4 is 15.8 Å². The molecule has 1 aromatic carbocycles. The van der Waals surface area contributed by atoms with E-state index in [0.29, 0.717) is 31.0 Å². The zero-order valence-corrected chi connectivity index (χ0v) is 15.8. The standard InChI is InChI=1S/C17H25F2N3O3S/c1-3-20-17(21-9-13-6-7-26(23,24)11-13)22-10-14-8-12(2)4-5-15(14)25-16(18)19/h4-5,8,13,16H,3,6-7,9-11H2,1-2H3,(H2,20,21,22). The van der Waals surface area contributed by atoms with Crippen LogP contribution >= 0.6 is 0 Å². The number of halogens is 2. The van der Waals surface area contributed by atoms with Gasteiger partial charge in [-0.05, 0) is 32.3 Å². The van der Waals surface area contributed by atoms with Gasteiger partial charge in [0, 0.05) is 18.7 Å². The second-order valence-electron chi connectivity index (χ2n) is 6.33. The van der Waals surface area contributed by atoms with Crippen LogP contribution in [0.1, 0.15) is 24.5 Å². The fourth-order valence-electron chi connectivity index (χ4n) is 2.82. The van der Waals surface area contributed by atoms with Gasteiger partial charge in [-0.1, -0.05) is 17.7 Å². The number of hydrogen-bond donors (Lipinski definition) is 2. The highest BCUT2D eigenvalue weighted by molar-refractivity contribution is 7.91. The summed E-state index contributed by atoms with van der Waals surface area (Å²) in [6.45, 7) is 2.18. The van der Waals surface area contributed by atoms with E-state index in [0.717, 1.165) is 5.56 Å². The third-order valence-corrected chi connectivity index (χ3v) is 5.91. The fourth-order valence-corrected chi connectivity index (χ4v) is 4.68. The molecule has 0 radical (unpaired) electrons. The van der Waals surface area contributed by atoms with Crippen LogP contribution in [-0.2, 0) is 16.4 Å². The summed E-state index contributed by atoms with van der Waals surface area (Å²) in [7, 11) is -2.92. The maximum atomic E-state index is 12.5. The predicted octanol–water partition coefficient (Wildman–Crippen LogP) is 2.09. The Labute approximate surface area is 153 Å². The molecule has 146 valence electrons. The number of rotatable bonds is 7. The summed E-state index contributed by atoms with van der Waals surface area (Å²) in [5, 5.41) is 6.20. The maximum absolute atomic E-state index is 12.5. The van der Waals surface area contributed by atoms with Crippen molar-refractivity contribution in [1.29, 1.82) is 0 Å². The van der Waals surface area contributed by atoms with Gasteiger partial charge in [0.1, 0.15) is 5.75 Å². The molecule has 0 bridgehead atoms. The van der Waals surface area contributed by atoms with E-state index in [-0.39, 0.29) is 29.7 Å². The Morgan fingerprint density at radius 3 is 2.77 bits per heavy atom. The number of sulfone groups is 1. The van der Waals surface area contributed by atoms with Gasteiger partial charge in [-0.3, -0.25) is 0 Å². The van der Waals surface area contributed by atoms with E-state index in [9.17, 15) is 17.2 Å². The Morgan fingerprint density at radius 2 is 2.15 bits per heavy atom. The van der Waals surface area contributed by atoms with Crippen molar-refractivity contribution in [2.75, 3.05) is 24.6 Å². The Bertz CT molecular complexity index is 739. The van der Waals surface area contributed by atoms with E-state index < -0.39 is 16.4 Å². The first-order valence-electron chi connectivity index (χ1n) is 8.56. The van der Waals surface area contributed by atoms with Gasteiger partial charge in [-0.15, -0.1) is 0 Å². The Hall–Kier alpha value is -1.90. The molecule has 2 N–H and O–H groups in total. The van der Waals surface area contributed by atoms with Gasteiger partial charge < -0.3 is 15.4 Å². The molecule has 26 heavy (non-hydrogen) atoms. The van der Waals surface area contributed by atoms with Gasteiger partial charge in [0.25, 0.3) is 0 Å². The van der Waals surface area contributed by atoms with E-state index in [2.05, 4.69) is 20.4 Å². The molecule has 1 saturated heterocycles. The Morgan fingerprint density at radius 1 is 1.38 bits per heavy atom. The van der Waals surface area contributed by atoms with Gasteiger partial charge in [-0.25, -0.2) is 13.4 Å². The molecule has 6 nitrogen and oxygen atoms in total. The average Bonchev–Trinajstić information content (AvgIpc) is 2.91. The summed E-state index contributed by atoms with van der Waals surface area (Å²) in [6.07, 6.45) is 0.638. The molecule has 1 aliphatic heterocycles. The minimum Gasteiger partial charge on any atom is -0.434 e. The van der Waals surface area contributed by atoms with Crippen LogP contribution in [-0.4, -0.2) is 45.6 Å². The molecule has 1 atom stereocenters. The van der Waals surface area contributed by atoms with Gasteiger partial charge in [-0.2, -0.15) is 8.78 Å². The third-order valence-electron chi connectivity index (χ3n) is 4.07. The van der Waals surface area contributed by atoms with Crippen molar-refractivity contribution in [3.63, 3.8) is 0 Å². The van der Waals surface area contributed by atoms with Crippen LogP contribution in [0.5, 0.6) is 5.75 Å². The lowest BCUT2D eigenvalue weighted by atomic mass is 10.1. The van der Waals surface area contributed by atoms with Crippen LogP contribution in [0.4, 0.5) is 8.78 Å². The first-order chi connectivity index (χ1) is 12.3. The Balaban J connectivity index is 2.03. The monoisotopic (exact) mass is 389 g/mol. The van der Waals surface area contributed by atoms with E-state index in [4.69, 9.17) is 0 Å². The van der Waals surface area contributed by atoms with Crippen molar-refractivity contribution < 1.29 is 21.9 Å². The summed E-state index contributed by atoms with van der Waals surface area (Å²) in [5.41, 5.74) is 1.48. The SMILES string of the molecule is CCNC(=NCc1cc(C)ccc1OC(F)F)NCC1CCS(=O)(=O)C1. The molecule has 0 spiro atoms. The number of hydrogen-bond acceptors (Lipinski definition) is 4. The predicted molar refractivity (Wildman–Crippen MR) is 97.4 cm³/mol. The molecular weight excluding hydrogens is 364 g/mol. The molecule has 1 aromatic rings. The molecular formula is C17H25F2N3O3S. The lowest BCUT2D eigenvalue weighted by molar-refractivity contribution is -0.0504. The first kappa shape index (κ1) is 20.4. The number of guanidine groups is 1. The van der Waals surface area contributed by atoms with Crippen molar-refractivity contribution in [2.45, 2.75) is 33.4 Å². The summed E-state index contributed by atoms with van der Waals surface area (Å²) in [6, 6.07) is 4.97. The molecule has 0 aliphatic carbocycles. The summed E-state index contributed by atoms with van der Waals surface area (Å²) >= 11 is 0. The maximum Gasteiger partial charge on any atom is 0.387 e. The molecule has 0 aromatic heterocycles. The minimum absolute atomic E-state index is 0.0561. The van der Waals surface area contributed by atoms with Crippen LogP contribution in [0.25, 0.3) is 0 Å². The van der Waals surface area contributed by atoms with Crippen molar-refractivity contribution in [1.82, 2.24) is 10.6 Å². The van der Waals surface area contributed by atoms with Gasteiger partial charge in [0.2, 0.25) is 0 Å². The van der Waals surface area contributed by atoms with Crippen LogP contribution in [0.15, 0.2) is 23.2 Å². The molecule has 1 unspecified atom stereocenters. The number of alkyl halides is 2. The molecule has 2 rings (SSSR count). The molecule has 1 fully saturated rings. The zero-order valence-electron chi connectivity index (χ0n) is 15.0. The number of aliphatic imine (C=N–C) groups is 1. The lowest BCUT2D eigenvalue weighted by Gasteiger charge is -2.15. The second kappa shape index (κ2) is 9.16. The number of ether oxygens (including phenoxy) is 1. The summed E-state index contributed by atoms with van der Waals surface area (Å²) < 4.78 is 52.7. The number of nitrogens with zero attached hydrogens (tertiary/aromatic N) is 1. The van der Waals surface area contributed by atoms with Crippen molar-refractivity contribution in [3.8, 4) is 5.75 Å². The number of nitrogens with one attached hydrogen (secondary N) is 2. The van der Waals surface area contributed by atoms with Crippen LogP contribution in [0.2, 0.25) is 0 Å². The highest BCUT2D eigenvalue weighted by Gasteiger charge is 2.27. The quantitative estimate of drug-likeness (QED) is 0.551.